The fourth-order valence-corrected chi connectivity index (χ4v) is 3.31. The molecule has 2 heterocycles. The van der Waals surface area contributed by atoms with Crippen molar-refractivity contribution < 1.29 is 24.1 Å². The van der Waals surface area contributed by atoms with Crippen LogP contribution in [0.1, 0.15) is 39.0 Å². The maximum Gasteiger partial charge on any atom is 0.342 e. The number of hydrogen-bond donors (Lipinski definition) is 2. The van der Waals surface area contributed by atoms with Crippen LogP contribution < -0.4 is 10.4 Å². The largest absolute Gasteiger partial charge is 0.496 e. The third-order valence-electron chi connectivity index (χ3n) is 5.20. The quantitative estimate of drug-likeness (QED) is 0.710. The summed E-state index contributed by atoms with van der Waals surface area (Å²) >= 11 is 0. The minimum absolute atomic E-state index is 0.406. The Balaban J connectivity index is 2.02. The van der Waals surface area contributed by atoms with Crippen LogP contribution in [0, 0.1) is 6.92 Å². The number of aliphatic hydroxyl groups excluding tert-OH is 1. The van der Waals surface area contributed by atoms with Crippen molar-refractivity contribution in [3.05, 3.63) is 69.8 Å². The molecule has 0 saturated carbocycles. The molecule has 1 aromatic rings. The fraction of sp³-hybridized carbons (Fsp3) is 0.435. The molecule has 1 fully saturated rings. The van der Waals surface area contributed by atoms with Crippen molar-refractivity contribution >= 4 is 6.08 Å². The molecule has 1 aliphatic heterocycles. The van der Waals surface area contributed by atoms with Crippen LogP contribution >= 0.6 is 0 Å². The van der Waals surface area contributed by atoms with E-state index in [1.165, 1.54) is 7.11 Å². The molecule has 0 aliphatic carbocycles. The van der Waals surface area contributed by atoms with E-state index in [-0.39, 0.29) is 0 Å². The molecule has 0 radical (unpaired) electrons. The van der Waals surface area contributed by atoms with Crippen LogP contribution in [0.2, 0.25) is 0 Å². The molecule has 0 aromatic carbocycles. The zero-order chi connectivity index (χ0) is 21.8. The Morgan fingerprint density at radius 3 is 2.48 bits per heavy atom. The van der Waals surface area contributed by atoms with Gasteiger partial charge in [0.1, 0.15) is 28.8 Å². The van der Waals surface area contributed by atoms with Crippen molar-refractivity contribution in [2.24, 2.45) is 0 Å². The van der Waals surface area contributed by atoms with Gasteiger partial charge in [-0.3, -0.25) is 0 Å². The first-order valence-electron chi connectivity index (χ1n) is 9.49. The Hall–Kier alpha value is -2.41. The molecule has 1 saturated heterocycles. The van der Waals surface area contributed by atoms with Crippen molar-refractivity contribution in [2.75, 3.05) is 7.11 Å². The first kappa shape index (κ1) is 22.9. The molecule has 1 aliphatic rings. The van der Waals surface area contributed by atoms with Crippen molar-refractivity contribution in [1.29, 1.82) is 0 Å². The van der Waals surface area contributed by atoms with E-state index < -0.39 is 29.0 Å². The summed E-state index contributed by atoms with van der Waals surface area (Å²) in [5, 5.41) is 20.7. The molecule has 6 nitrogen and oxygen atoms in total. The van der Waals surface area contributed by atoms with E-state index in [0.29, 0.717) is 17.1 Å². The van der Waals surface area contributed by atoms with Crippen molar-refractivity contribution in [3.8, 4) is 5.75 Å². The van der Waals surface area contributed by atoms with E-state index in [4.69, 9.17) is 13.9 Å². The molecule has 1 aromatic heterocycles. The molecular weight excluding hydrogens is 372 g/mol. The summed E-state index contributed by atoms with van der Waals surface area (Å²) in [5.74, 6) is 0.896. The van der Waals surface area contributed by atoms with Gasteiger partial charge < -0.3 is 24.1 Å². The molecule has 4 atom stereocenters. The zero-order valence-corrected chi connectivity index (χ0v) is 17.8. The Bertz CT molecular complexity index is 902. The Labute approximate surface area is 171 Å². The smallest absolute Gasteiger partial charge is 0.342 e. The second-order valence-electron chi connectivity index (χ2n) is 7.69. The molecule has 2 N–H and O–H groups in total. The number of ether oxygens (including phenoxy) is 2. The molecule has 0 bridgehead atoms. The van der Waals surface area contributed by atoms with Crippen molar-refractivity contribution in [3.63, 3.8) is 0 Å². The van der Waals surface area contributed by atoms with Gasteiger partial charge in [-0.1, -0.05) is 36.0 Å². The maximum absolute atomic E-state index is 11.7. The van der Waals surface area contributed by atoms with Gasteiger partial charge in [0.25, 0.3) is 0 Å². The predicted octanol–water partition coefficient (Wildman–Crippen LogP) is 3.32. The first-order valence-corrected chi connectivity index (χ1v) is 9.49. The lowest BCUT2D eigenvalue weighted by atomic mass is 9.86. The van der Waals surface area contributed by atoms with Crippen LogP contribution in [-0.2, 0) is 4.74 Å². The van der Waals surface area contributed by atoms with Gasteiger partial charge in [-0.05, 0) is 46.8 Å². The van der Waals surface area contributed by atoms with Crippen LogP contribution in [0.15, 0.2) is 57.3 Å². The molecule has 0 amide bonds. The van der Waals surface area contributed by atoms with Gasteiger partial charge in [-0.25, -0.2) is 4.79 Å². The second-order valence-corrected chi connectivity index (χ2v) is 7.69. The van der Waals surface area contributed by atoms with Gasteiger partial charge in [-0.15, -0.1) is 0 Å². The van der Waals surface area contributed by atoms with Gasteiger partial charge in [-0.2, -0.15) is 0 Å². The highest BCUT2D eigenvalue weighted by molar-refractivity contribution is 5.48. The fourth-order valence-electron chi connectivity index (χ4n) is 3.31. The van der Waals surface area contributed by atoms with E-state index in [9.17, 15) is 15.0 Å². The van der Waals surface area contributed by atoms with Crippen LogP contribution in [-0.4, -0.2) is 40.7 Å². The summed E-state index contributed by atoms with van der Waals surface area (Å²) in [7, 11) is 1.51. The standard InChI is InChI=1S/C23H30O6/c1-15(14-22(4)21(25)23(5,26)17(3)29-22)11-9-7-8-10-12-18-13-19(27-6)16(2)20(24)28-18/h7-14,17,21,25-26H,1-6H3/t17-,21+,22+,23+/m0/s1. The molecule has 29 heavy (non-hydrogen) atoms. The van der Waals surface area contributed by atoms with E-state index in [0.717, 1.165) is 5.57 Å². The van der Waals surface area contributed by atoms with Crippen LogP contribution in [0.5, 0.6) is 5.75 Å². The number of methoxy groups -OCH3 is 1. The lowest BCUT2D eigenvalue weighted by molar-refractivity contribution is -0.0579. The summed E-state index contributed by atoms with van der Waals surface area (Å²) in [6, 6.07) is 1.66. The minimum atomic E-state index is -1.30. The van der Waals surface area contributed by atoms with Gasteiger partial charge in [0, 0.05) is 6.07 Å². The minimum Gasteiger partial charge on any atom is -0.496 e. The van der Waals surface area contributed by atoms with E-state index in [2.05, 4.69) is 0 Å². The molecule has 0 unspecified atom stereocenters. The molecule has 0 spiro atoms. The van der Waals surface area contributed by atoms with Gasteiger partial charge in [0.05, 0.1) is 18.8 Å². The average molecular weight is 402 g/mol. The summed E-state index contributed by atoms with van der Waals surface area (Å²) in [5.41, 5.74) is -1.35. The Morgan fingerprint density at radius 1 is 1.24 bits per heavy atom. The van der Waals surface area contributed by atoms with E-state index in [1.54, 1.807) is 52.0 Å². The SMILES string of the molecule is COc1cc(C=CC=CC=CC(C)=C[C@@]2(C)O[C@@H](C)[C@@](C)(O)[C@@H]2O)oc(=O)c1C. The highest BCUT2D eigenvalue weighted by Crippen LogP contribution is 2.39. The van der Waals surface area contributed by atoms with Crippen LogP contribution in [0.4, 0.5) is 0 Å². The van der Waals surface area contributed by atoms with Gasteiger partial charge in [0.2, 0.25) is 0 Å². The van der Waals surface area contributed by atoms with Gasteiger partial charge in [0.15, 0.2) is 0 Å². The molecule has 2 rings (SSSR count). The highest BCUT2D eigenvalue weighted by Gasteiger charge is 2.55. The summed E-state index contributed by atoms with van der Waals surface area (Å²) in [6.07, 6.45) is 11.1. The Kier molecular flexibility index (Phi) is 7.06. The van der Waals surface area contributed by atoms with Crippen molar-refractivity contribution in [1.82, 2.24) is 0 Å². The molecule has 158 valence electrons. The van der Waals surface area contributed by atoms with E-state index >= 15 is 0 Å². The number of hydrogen-bond acceptors (Lipinski definition) is 6. The number of allylic oxidation sites excluding steroid dienone is 6. The normalized spacial score (nSPS) is 30.8. The third-order valence-corrected chi connectivity index (χ3v) is 5.20. The summed E-state index contributed by atoms with van der Waals surface area (Å²) in [6.45, 7) is 8.62. The monoisotopic (exact) mass is 402 g/mol. The first-order chi connectivity index (χ1) is 13.5. The molecular formula is C23H30O6. The zero-order valence-electron chi connectivity index (χ0n) is 17.8. The van der Waals surface area contributed by atoms with Crippen LogP contribution in [0.3, 0.4) is 0 Å². The Morgan fingerprint density at radius 2 is 1.90 bits per heavy atom. The number of rotatable bonds is 6. The average Bonchev–Trinajstić information content (AvgIpc) is 2.80. The van der Waals surface area contributed by atoms with Crippen LogP contribution in [0.25, 0.3) is 6.08 Å². The summed E-state index contributed by atoms with van der Waals surface area (Å²) in [4.78, 5) is 11.7. The topological polar surface area (TPSA) is 89.1 Å². The van der Waals surface area contributed by atoms with Crippen molar-refractivity contribution in [2.45, 2.75) is 58.0 Å². The maximum atomic E-state index is 11.7. The highest BCUT2D eigenvalue weighted by atomic mass is 16.6. The van der Waals surface area contributed by atoms with Gasteiger partial charge >= 0.3 is 5.63 Å². The third kappa shape index (κ3) is 5.15. The molecule has 6 heteroatoms. The van der Waals surface area contributed by atoms with E-state index in [1.807, 2.05) is 31.2 Å². The lowest BCUT2D eigenvalue weighted by Gasteiger charge is -2.28. The number of aliphatic hydroxyl groups is 2. The second kappa shape index (κ2) is 8.95. The summed E-state index contributed by atoms with van der Waals surface area (Å²) < 4.78 is 16.1. The predicted molar refractivity (Wildman–Crippen MR) is 113 cm³/mol. The lowest BCUT2D eigenvalue weighted by Crippen LogP contribution is -2.47.